The van der Waals surface area contributed by atoms with Crippen molar-refractivity contribution in [2.45, 2.75) is 160 Å². The van der Waals surface area contributed by atoms with Crippen LogP contribution in [0.4, 0.5) is 0 Å². The zero-order chi connectivity index (χ0) is 39.6. The van der Waals surface area contributed by atoms with Gasteiger partial charge in [0.15, 0.2) is 0 Å². The van der Waals surface area contributed by atoms with E-state index in [0.717, 1.165) is 18.2 Å². The average Bonchev–Trinajstić information content (AvgIpc) is 2.84. The zero-order valence-corrected chi connectivity index (χ0v) is 36.9. The smallest absolute Gasteiger partial charge is 0.324 e. The Morgan fingerprint density at radius 1 is 0.787 bits per heavy atom. The van der Waals surface area contributed by atoms with Crippen molar-refractivity contribution in [2.75, 3.05) is 45.6 Å². The van der Waals surface area contributed by atoms with Gasteiger partial charge in [0.1, 0.15) is 9.84 Å². The highest BCUT2D eigenvalue weighted by atomic mass is 32.2. The number of hydrogen-bond acceptors (Lipinski definition) is 7. The summed E-state index contributed by atoms with van der Waals surface area (Å²) in [6.45, 7) is 43.5. The second-order valence-electron chi connectivity index (χ2n) is 13.5. The van der Waals surface area contributed by atoms with E-state index < -0.39 is 30.7 Å². The molecule has 0 spiro atoms. The van der Waals surface area contributed by atoms with Gasteiger partial charge in [0.05, 0.1) is 42.7 Å². The molecule has 0 aromatic heterocycles. The molecule has 0 amide bonds. The summed E-state index contributed by atoms with van der Waals surface area (Å²) in [5, 5.41) is 6.80. The third-order valence-corrected chi connectivity index (χ3v) is 11.0. The van der Waals surface area contributed by atoms with Crippen LogP contribution in [-0.4, -0.2) is 113 Å². The van der Waals surface area contributed by atoms with Crippen LogP contribution in [0.1, 0.15) is 131 Å². The highest BCUT2D eigenvalue weighted by molar-refractivity contribution is 7.91. The lowest BCUT2D eigenvalue weighted by molar-refractivity contribution is -0.943. The molecule has 0 radical (unpaired) electrons. The maximum absolute atomic E-state index is 10.4. The van der Waals surface area contributed by atoms with Crippen LogP contribution in [0, 0.1) is 11.3 Å². The van der Waals surface area contributed by atoms with Gasteiger partial charge < -0.3 is 34.0 Å². The van der Waals surface area contributed by atoms with Gasteiger partial charge in [-0.3, -0.25) is 9.13 Å². The SMILES string of the molecule is CC(=N)CC(C)C.CC(C)OP(C)(=O)O.CC(C)P(=O)(O)O.CC(C)S(C)(=O)=O.CCN(CC)C(C)C.CC[N+](CC)(CC)C(C)C. The summed E-state index contributed by atoms with van der Waals surface area (Å²) in [4.78, 5) is 27.4. The molecule has 0 saturated carbocycles. The monoisotopic (exact) mass is 743 g/mol. The van der Waals surface area contributed by atoms with Crippen molar-refractivity contribution >= 4 is 30.7 Å². The number of rotatable bonds is 13. The Kier molecular flexibility index (Phi) is 38.5. The first kappa shape index (κ1) is 59.0. The molecule has 1 unspecified atom stereocenters. The van der Waals surface area contributed by atoms with Gasteiger partial charge >= 0.3 is 15.2 Å². The molecule has 4 N–H and O–H groups in total. The van der Waals surface area contributed by atoms with Gasteiger partial charge in [-0.15, -0.1) is 0 Å². The molecule has 14 heteroatoms. The van der Waals surface area contributed by atoms with E-state index in [-0.39, 0.29) is 11.4 Å². The maximum atomic E-state index is 10.4. The molecule has 0 aromatic carbocycles. The minimum absolute atomic E-state index is 0.171. The molecule has 0 heterocycles. The second kappa shape index (κ2) is 30.6. The van der Waals surface area contributed by atoms with Crippen LogP contribution in [0.2, 0.25) is 0 Å². The highest BCUT2D eigenvalue weighted by Gasteiger charge is 2.24. The van der Waals surface area contributed by atoms with Crippen LogP contribution in [0.15, 0.2) is 0 Å². The van der Waals surface area contributed by atoms with E-state index in [1.165, 1.54) is 64.0 Å². The highest BCUT2D eigenvalue weighted by Crippen LogP contribution is 2.40. The Hall–Kier alpha value is -0.160. The normalized spacial score (nSPS) is 13.0. The van der Waals surface area contributed by atoms with E-state index >= 15 is 0 Å². The fraction of sp³-hybridized carbons (Fsp3) is 0.970. The van der Waals surface area contributed by atoms with Gasteiger partial charge in [-0.2, -0.15) is 0 Å². The van der Waals surface area contributed by atoms with Gasteiger partial charge in [-0.25, -0.2) is 8.42 Å². The number of sulfone groups is 1. The maximum Gasteiger partial charge on any atom is 0.328 e. The largest absolute Gasteiger partial charge is 0.328 e. The summed E-state index contributed by atoms with van der Waals surface area (Å²) in [5.41, 5.74) is 0.252. The van der Waals surface area contributed by atoms with Crippen molar-refractivity contribution in [1.82, 2.24) is 4.90 Å². The van der Waals surface area contributed by atoms with Crippen molar-refractivity contribution in [3.63, 3.8) is 0 Å². The molecule has 0 aliphatic carbocycles. The Bertz CT molecular complexity index is 914. The summed E-state index contributed by atoms with van der Waals surface area (Å²) >= 11 is 0. The van der Waals surface area contributed by atoms with E-state index in [9.17, 15) is 17.5 Å². The molecule has 0 saturated heterocycles. The van der Waals surface area contributed by atoms with Crippen LogP contribution in [-0.2, 0) is 23.5 Å². The first-order chi connectivity index (χ1) is 20.8. The summed E-state index contributed by atoms with van der Waals surface area (Å²) < 4.78 is 46.9. The van der Waals surface area contributed by atoms with E-state index in [0.29, 0.717) is 12.0 Å². The first-order valence-corrected chi connectivity index (χ1v) is 22.8. The van der Waals surface area contributed by atoms with Crippen LogP contribution in [0.25, 0.3) is 0 Å². The molecule has 0 rings (SSSR count). The summed E-state index contributed by atoms with van der Waals surface area (Å²) in [6, 6.07) is 1.49. The zero-order valence-electron chi connectivity index (χ0n) is 34.3. The Balaban J connectivity index is -0.000000108. The van der Waals surface area contributed by atoms with Crippen LogP contribution in [0.3, 0.4) is 0 Å². The minimum atomic E-state index is -3.74. The molecule has 47 heavy (non-hydrogen) atoms. The molecular weight excluding hydrogens is 660 g/mol. The minimum Gasteiger partial charge on any atom is -0.324 e. The molecule has 0 fully saturated rings. The van der Waals surface area contributed by atoms with Crippen LogP contribution in [0.5, 0.6) is 0 Å². The lowest BCUT2D eigenvalue weighted by Gasteiger charge is -2.39. The molecule has 11 nitrogen and oxygen atoms in total. The van der Waals surface area contributed by atoms with Gasteiger partial charge in [0.2, 0.25) is 0 Å². The van der Waals surface area contributed by atoms with Gasteiger partial charge in [0.25, 0.3) is 0 Å². The third-order valence-electron chi connectivity index (χ3n) is 7.18. The van der Waals surface area contributed by atoms with Crippen molar-refractivity contribution in [3.8, 4) is 0 Å². The second-order valence-corrected chi connectivity index (χ2v) is 20.1. The van der Waals surface area contributed by atoms with Crippen molar-refractivity contribution in [2.24, 2.45) is 5.92 Å². The van der Waals surface area contributed by atoms with E-state index in [1.54, 1.807) is 27.7 Å². The van der Waals surface area contributed by atoms with Crippen LogP contribution < -0.4 is 0 Å². The predicted octanol–water partition coefficient (Wildman–Crippen LogP) is 8.32. The first-order valence-electron chi connectivity index (χ1n) is 17.1. The summed E-state index contributed by atoms with van der Waals surface area (Å²) in [7, 11) is -9.70. The average molecular weight is 743 g/mol. The fourth-order valence-electron chi connectivity index (χ4n) is 3.72. The predicted molar refractivity (Wildman–Crippen MR) is 207 cm³/mol. The molecule has 0 bridgehead atoms. The van der Waals surface area contributed by atoms with E-state index in [4.69, 9.17) is 20.1 Å². The number of nitrogens with zero attached hydrogens (tertiary/aromatic N) is 2. The number of nitrogens with one attached hydrogen (secondary N) is 1. The quantitative estimate of drug-likeness (QED) is 0.0825. The molecule has 0 aromatic rings. The lowest BCUT2D eigenvalue weighted by atomic mass is 10.1. The van der Waals surface area contributed by atoms with Crippen molar-refractivity contribution < 1.29 is 41.2 Å². The Morgan fingerprint density at radius 2 is 1.09 bits per heavy atom. The molecule has 292 valence electrons. The van der Waals surface area contributed by atoms with Gasteiger partial charge in [-0.1, -0.05) is 41.5 Å². The van der Waals surface area contributed by atoms with Gasteiger partial charge in [0, 0.05) is 24.7 Å². The molecule has 0 aliphatic heterocycles. The van der Waals surface area contributed by atoms with E-state index in [2.05, 4.69) is 85.6 Å². The standard InChI is InChI=1S/C9H22N.C7H17N.C6H13N.C4H11O3P.C4H10O2S.C3H9O3P/c1-6-10(7-2,8-3)9(4)5;1-5-8(6-2)7(3)4;1-5(2)4-6(3)7;1-4(2)7-8(3,5)6;1-4(2)7(3,5)6;1-3(2)7(4,5)6/h9H,6-8H2,1-5H3;7H,5-6H2,1-4H3;5,7H,4H2,1-3H3;4H,1-3H3,(H,5,6);4H,1-3H3;3H,1-2H3,(H2,4,5,6)/q+1;;;;;. The van der Waals surface area contributed by atoms with Crippen molar-refractivity contribution in [3.05, 3.63) is 0 Å². The van der Waals surface area contributed by atoms with E-state index in [1.807, 2.05) is 6.92 Å². The Morgan fingerprint density at radius 3 is 1.09 bits per heavy atom. The molecule has 0 aliphatic rings. The Labute approximate surface area is 293 Å². The lowest BCUT2D eigenvalue weighted by Crippen LogP contribution is -2.52. The fourth-order valence-corrected chi connectivity index (χ4v) is 4.51. The van der Waals surface area contributed by atoms with Gasteiger partial charge in [-0.05, 0) is 109 Å². The number of quaternary nitrogens is 1. The van der Waals surface area contributed by atoms with Crippen molar-refractivity contribution in [1.29, 1.82) is 5.41 Å². The summed E-state index contributed by atoms with van der Waals surface area (Å²) in [6.07, 6.45) is 2.01. The third kappa shape index (κ3) is 45.8. The van der Waals surface area contributed by atoms with Crippen LogP contribution >= 0.6 is 15.2 Å². The molecular formula is C33H82N3O8P2S+. The summed E-state index contributed by atoms with van der Waals surface area (Å²) in [5.74, 6) is 0.650. The topological polar surface area (TPSA) is 165 Å². The molecule has 1 atom stereocenters. The number of hydrogen-bond donors (Lipinski definition) is 4.